The third-order valence-electron chi connectivity index (χ3n) is 4.60. The van der Waals surface area contributed by atoms with Gasteiger partial charge in [0.15, 0.2) is 0 Å². The van der Waals surface area contributed by atoms with Crippen LogP contribution >= 0.6 is 0 Å². The highest BCUT2D eigenvalue weighted by Crippen LogP contribution is 2.33. The van der Waals surface area contributed by atoms with Gasteiger partial charge in [-0.05, 0) is 49.6 Å². The summed E-state index contributed by atoms with van der Waals surface area (Å²) in [5.41, 5.74) is 3.95. The summed E-state index contributed by atoms with van der Waals surface area (Å²) in [7, 11) is -3.32. The molecule has 0 aliphatic carbocycles. The molecule has 1 heterocycles. The number of anilines is 2. The number of amides is 1. The van der Waals surface area contributed by atoms with Gasteiger partial charge in [0, 0.05) is 17.8 Å². The first-order chi connectivity index (χ1) is 12.4. The molecule has 0 spiro atoms. The van der Waals surface area contributed by atoms with Gasteiger partial charge in [-0.1, -0.05) is 37.1 Å². The van der Waals surface area contributed by atoms with Crippen LogP contribution in [0, 0.1) is 6.92 Å². The molecule has 0 saturated heterocycles. The maximum Gasteiger partial charge on any atom is 0.255 e. The molecular weight excluding hydrogens is 348 g/mol. The number of nitrogens with one attached hydrogen (secondary N) is 1. The van der Waals surface area contributed by atoms with Crippen LogP contribution in [0.4, 0.5) is 11.4 Å². The molecule has 0 fully saturated rings. The highest BCUT2D eigenvalue weighted by molar-refractivity contribution is 7.92. The largest absolute Gasteiger partial charge is 0.322 e. The molecule has 0 aromatic heterocycles. The summed E-state index contributed by atoms with van der Waals surface area (Å²) in [5, 5.41) is 2.86. The van der Waals surface area contributed by atoms with Crippen LogP contribution in [0.15, 0.2) is 42.5 Å². The van der Waals surface area contributed by atoms with Crippen molar-refractivity contribution in [1.29, 1.82) is 0 Å². The number of nitrogens with zero attached hydrogens (tertiary/aromatic N) is 1. The zero-order valence-electron chi connectivity index (χ0n) is 15.2. The quantitative estimate of drug-likeness (QED) is 0.840. The molecule has 6 heteroatoms. The van der Waals surface area contributed by atoms with Crippen molar-refractivity contribution in [3.8, 4) is 0 Å². The Hall–Kier alpha value is -2.34. The summed E-state index contributed by atoms with van der Waals surface area (Å²) >= 11 is 0. The molecule has 1 aliphatic rings. The summed E-state index contributed by atoms with van der Waals surface area (Å²) in [6.45, 7) is 4.42. The molecular formula is C20H24N2O3S. The molecule has 1 aliphatic heterocycles. The van der Waals surface area contributed by atoms with Crippen molar-refractivity contribution in [2.45, 2.75) is 33.1 Å². The van der Waals surface area contributed by atoms with Gasteiger partial charge in [-0.25, -0.2) is 8.42 Å². The monoisotopic (exact) mass is 372 g/mol. The second kappa shape index (κ2) is 7.50. The van der Waals surface area contributed by atoms with Crippen molar-refractivity contribution in [3.05, 3.63) is 59.2 Å². The zero-order chi connectivity index (χ0) is 18.7. The summed E-state index contributed by atoms with van der Waals surface area (Å²) < 4.78 is 26.6. The molecule has 3 rings (SSSR count). The minimum atomic E-state index is -3.32. The molecule has 0 bridgehead atoms. The van der Waals surface area contributed by atoms with Crippen molar-refractivity contribution >= 4 is 27.3 Å². The number of hydrogen-bond acceptors (Lipinski definition) is 3. The Bertz CT molecular complexity index is 905. The van der Waals surface area contributed by atoms with E-state index in [0.29, 0.717) is 36.3 Å². The van der Waals surface area contributed by atoms with Crippen LogP contribution in [0.3, 0.4) is 0 Å². The molecule has 2 aromatic rings. The van der Waals surface area contributed by atoms with E-state index in [1.54, 1.807) is 18.2 Å². The van der Waals surface area contributed by atoms with Gasteiger partial charge in [0.1, 0.15) is 0 Å². The first-order valence-corrected chi connectivity index (χ1v) is 10.5. The number of rotatable bonds is 6. The molecule has 138 valence electrons. The number of unbranched alkanes of at least 4 members (excludes halogenated alkanes) is 1. The van der Waals surface area contributed by atoms with Gasteiger partial charge in [-0.15, -0.1) is 0 Å². The molecule has 2 aromatic carbocycles. The lowest BCUT2D eigenvalue weighted by atomic mass is 10.1. The maximum atomic E-state index is 12.6. The Morgan fingerprint density at radius 1 is 1.15 bits per heavy atom. The van der Waals surface area contributed by atoms with Gasteiger partial charge in [0.05, 0.1) is 11.4 Å². The third-order valence-corrected chi connectivity index (χ3v) is 6.46. The molecule has 1 amide bonds. The number of carbonyl (C=O) groups is 1. The fourth-order valence-corrected chi connectivity index (χ4v) is 4.77. The summed E-state index contributed by atoms with van der Waals surface area (Å²) in [4.78, 5) is 12.4. The van der Waals surface area contributed by atoms with Gasteiger partial charge < -0.3 is 5.32 Å². The minimum Gasteiger partial charge on any atom is -0.322 e. The van der Waals surface area contributed by atoms with Crippen molar-refractivity contribution in [1.82, 2.24) is 0 Å². The fraction of sp³-hybridized carbons (Fsp3) is 0.350. The van der Waals surface area contributed by atoms with Crippen LogP contribution < -0.4 is 9.62 Å². The van der Waals surface area contributed by atoms with Crippen molar-refractivity contribution in [2.75, 3.05) is 21.9 Å². The van der Waals surface area contributed by atoms with Crippen LogP contribution in [0.25, 0.3) is 0 Å². The zero-order valence-corrected chi connectivity index (χ0v) is 16.0. The topological polar surface area (TPSA) is 66.5 Å². The smallest absolute Gasteiger partial charge is 0.255 e. The van der Waals surface area contributed by atoms with Crippen molar-refractivity contribution in [2.24, 2.45) is 0 Å². The van der Waals surface area contributed by atoms with E-state index in [0.717, 1.165) is 17.5 Å². The van der Waals surface area contributed by atoms with E-state index < -0.39 is 10.0 Å². The second-order valence-electron chi connectivity index (χ2n) is 6.66. The van der Waals surface area contributed by atoms with E-state index in [-0.39, 0.29) is 11.7 Å². The Labute approximate surface area is 155 Å². The van der Waals surface area contributed by atoms with Gasteiger partial charge in [0.25, 0.3) is 5.91 Å². The van der Waals surface area contributed by atoms with Crippen LogP contribution in [0.5, 0.6) is 0 Å². The van der Waals surface area contributed by atoms with Crippen molar-refractivity contribution < 1.29 is 13.2 Å². The van der Waals surface area contributed by atoms with E-state index in [4.69, 9.17) is 0 Å². The lowest BCUT2D eigenvalue weighted by molar-refractivity contribution is 0.102. The van der Waals surface area contributed by atoms with Crippen LogP contribution in [-0.2, 0) is 16.4 Å². The average molecular weight is 372 g/mol. The summed E-state index contributed by atoms with van der Waals surface area (Å²) in [6, 6.07) is 12.8. The number of hydrogen-bond donors (Lipinski definition) is 1. The van der Waals surface area contributed by atoms with Crippen molar-refractivity contribution in [3.63, 3.8) is 0 Å². The predicted octanol–water partition coefficient (Wildman–Crippen LogP) is 3.74. The Morgan fingerprint density at radius 2 is 1.88 bits per heavy atom. The van der Waals surface area contributed by atoms with E-state index >= 15 is 0 Å². The SMILES string of the molecule is CCCCS(=O)(=O)N1CCc2ccc(NC(=O)c3ccc(C)cc3)cc21. The minimum absolute atomic E-state index is 0.156. The Balaban J connectivity index is 1.81. The van der Waals surface area contributed by atoms with Gasteiger partial charge in [-0.2, -0.15) is 0 Å². The summed E-state index contributed by atoms with van der Waals surface area (Å²) in [5.74, 6) is -0.0496. The molecule has 26 heavy (non-hydrogen) atoms. The number of fused-ring (bicyclic) bond motifs is 1. The normalized spacial score (nSPS) is 13.5. The number of carbonyl (C=O) groups excluding carboxylic acids is 1. The van der Waals surface area contributed by atoms with E-state index in [1.807, 2.05) is 38.1 Å². The van der Waals surface area contributed by atoms with Gasteiger partial charge in [0.2, 0.25) is 10.0 Å². The van der Waals surface area contributed by atoms with Crippen LogP contribution in [-0.4, -0.2) is 26.6 Å². The van der Waals surface area contributed by atoms with Crippen LogP contribution in [0.1, 0.15) is 41.3 Å². The maximum absolute atomic E-state index is 12.6. The highest BCUT2D eigenvalue weighted by Gasteiger charge is 2.29. The van der Waals surface area contributed by atoms with E-state index in [9.17, 15) is 13.2 Å². The standard InChI is InChI=1S/C20H24N2O3S/c1-3-4-13-26(24,25)22-12-11-16-9-10-18(14-19(16)22)21-20(23)17-7-5-15(2)6-8-17/h5-10,14H,3-4,11-13H2,1-2H3,(H,21,23). The Morgan fingerprint density at radius 3 is 2.58 bits per heavy atom. The second-order valence-corrected chi connectivity index (χ2v) is 8.67. The number of aryl methyl sites for hydroxylation is 1. The predicted molar refractivity (Wildman–Crippen MR) is 105 cm³/mol. The molecule has 0 atom stereocenters. The van der Waals surface area contributed by atoms with E-state index in [1.165, 1.54) is 4.31 Å². The first-order valence-electron chi connectivity index (χ1n) is 8.92. The first kappa shape index (κ1) is 18.5. The molecule has 0 unspecified atom stereocenters. The molecule has 0 saturated carbocycles. The molecule has 1 N–H and O–H groups in total. The lowest BCUT2D eigenvalue weighted by Crippen LogP contribution is -2.31. The average Bonchev–Trinajstić information content (AvgIpc) is 3.04. The van der Waals surface area contributed by atoms with Gasteiger partial charge in [-0.3, -0.25) is 9.10 Å². The van der Waals surface area contributed by atoms with E-state index in [2.05, 4.69) is 5.32 Å². The number of benzene rings is 2. The molecule has 0 radical (unpaired) electrons. The number of sulfonamides is 1. The lowest BCUT2D eigenvalue weighted by Gasteiger charge is -2.20. The van der Waals surface area contributed by atoms with Crippen LogP contribution in [0.2, 0.25) is 0 Å². The Kier molecular flexibility index (Phi) is 5.32. The molecule has 5 nitrogen and oxygen atoms in total. The highest BCUT2D eigenvalue weighted by atomic mass is 32.2. The van der Waals surface area contributed by atoms with Gasteiger partial charge >= 0.3 is 0 Å². The third kappa shape index (κ3) is 3.90. The fourth-order valence-electron chi connectivity index (χ4n) is 3.06. The summed E-state index contributed by atoms with van der Waals surface area (Å²) in [6.07, 6.45) is 2.19.